The third-order valence-corrected chi connectivity index (χ3v) is 16.6. The van der Waals surface area contributed by atoms with Crippen molar-refractivity contribution in [2.24, 2.45) is 0 Å². The number of carbonyl (C=O) groups excluding carboxylic acids is 6. The molecule has 0 aliphatic heterocycles. The van der Waals surface area contributed by atoms with Crippen LogP contribution in [0.2, 0.25) is 18.1 Å². The Labute approximate surface area is 419 Å². The van der Waals surface area contributed by atoms with Crippen molar-refractivity contribution >= 4 is 43.9 Å². The molecule has 0 spiro atoms. The van der Waals surface area contributed by atoms with Crippen molar-refractivity contribution in [2.75, 3.05) is 53.6 Å². The van der Waals surface area contributed by atoms with Crippen molar-refractivity contribution in [1.82, 2.24) is 20.4 Å². The number of carbonyl (C=O) groups is 6. The van der Waals surface area contributed by atoms with E-state index in [-0.39, 0.29) is 46.1 Å². The van der Waals surface area contributed by atoms with E-state index in [9.17, 15) is 39.0 Å². The molecule has 4 aromatic carbocycles. The first kappa shape index (κ1) is 58.7. The fourth-order valence-electron chi connectivity index (χ4n) is 7.11. The van der Waals surface area contributed by atoms with Crippen molar-refractivity contribution < 1.29 is 58.0 Å². The number of nitrogens with zero attached hydrogens (tertiary/aromatic N) is 2. The molecular formula is C54H74N4O12Si. The molecule has 4 amide bonds. The fraction of sp³-hybridized carbons (Fsp3) is 0.444. The van der Waals surface area contributed by atoms with Crippen LogP contribution in [0.4, 0.5) is 0 Å². The molecule has 2 atom stereocenters. The first-order valence-electron chi connectivity index (χ1n) is 24.1. The number of ether oxygens (including phenoxy) is 2. The lowest BCUT2D eigenvalue weighted by Crippen LogP contribution is -2.41. The molecular weight excluding hydrogens is 925 g/mol. The molecule has 0 aliphatic carbocycles. The smallest absolute Gasteiger partial charge is 0.333 e. The van der Waals surface area contributed by atoms with Crippen LogP contribution in [0, 0.1) is 0 Å². The minimum absolute atomic E-state index is 0.0363. The Balaban J connectivity index is 0.000000383. The molecule has 0 unspecified atom stereocenters. The SMILES string of the molecule is CCCN(CCCCO)C(=O)c1cccc(C(=O)N[C@H](C(=O)OC)c2cccc(O)c2)c1.CCCN(CCCCO[Si](C)(C)C(C)(C)C)C(=O)c1cccc(C(=O)N[C@H](C(=O)OC)c2cccc(O)c2)c1. The van der Waals surface area contributed by atoms with Crippen molar-refractivity contribution in [1.29, 1.82) is 0 Å². The third kappa shape index (κ3) is 18.3. The molecule has 0 bridgehead atoms. The standard InChI is InChI=1S/C30H44N2O6Si.C24H30N2O6/c1-8-17-32(18-9-10-19-38-39(6,7)30(2,3)4)28(35)24-15-11-14-23(20-24)27(34)31-26(29(36)37-5)22-13-12-16-25(33)21-22;1-3-12-26(13-4-5-14-27)23(30)19-10-6-9-18(15-19)22(29)25-21(24(31)32-2)17-8-7-11-20(28)16-17/h11-16,20-21,26,33H,8-10,17-19H2,1-7H3,(H,31,34);6-11,15-16,21,27-28H,3-5,12-14H2,1-2H3,(H,25,29)/t26-;21-/m00/s1. The van der Waals surface area contributed by atoms with Crippen LogP contribution in [-0.2, 0) is 23.5 Å². The van der Waals surface area contributed by atoms with E-state index in [2.05, 4.69) is 44.5 Å². The summed E-state index contributed by atoms with van der Waals surface area (Å²) >= 11 is 0. The number of benzene rings is 4. The molecule has 0 saturated carbocycles. The molecule has 0 radical (unpaired) electrons. The van der Waals surface area contributed by atoms with E-state index in [1.165, 1.54) is 50.6 Å². The molecule has 17 heteroatoms. The number of rotatable bonds is 24. The zero-order valence-electron chi connectivity index (χ0n) is 42.8. The van der Waals surface area contributed by atoms with Crippen LogP contribution in [0.25, 0.3) is 0 Å². The Morgan fingerprint density at radius 1 is 0.577 bits per heavy atom. The van der Waals surface area contributed by atoms with Crippen LogP contribution in [0.3, 0.4) is 0 Å². The largest absolute Gasteiger partial charge is 0.508 e. The lowest BCUT2D eigenvalue weighted by Gasteiger charge is -2.36. The summed E-state index contributed by atoms with van der Waals surface area (Å²) in [6, 6.07) is 22.6. The summed E-state index contributed by atoms with van der Waals surface area (Å²) in [4.78, 5) is 80.5. The van der Waals surface area contributed by atoms with Crippen molar-refractivity contribution in [3.63, 3.8) is 0 Å². The Kier molecular flexibility index (Phi) is 23.9. The van der Waals surface area contributed by atoms with Crippen molar-refractivity contribution in [2.45, 2.75) is 103 Å². The highest BCUT2D eigenvalue weighted by Crippen LogP contribution is 2.36. The summed E-state index contributed by atoms with van der Waals surface area (Å²) in [5, 5.41) is 34.0. The van der Waals surface area contributed by atoms with Gasteiger partial charge in [-0.2, -0.15) is 0 Å². The summed E-state index contributed by atoms with van der Waals surface area (Å²) in [6.07, 6.45) is 4.59. The van der Waals surface area contributed by atoms with E-state index in [4.69, 9.17) is 19.0 Å². The Morgan fingerprint density at radius 2 is 0.972 bits per heavy atom. The van der Waals surface area contributed by atoms with Crippen molar-refractivity contribution in [3.8, 4) is 11.5 Å². The van der Waals surface area contributed by atoms with Gasteiger partial charge in [0.05, 0.1) is 14.2 Å². The Morgan fingerprint density at radius 3 is 1.34 bits per heavy atom. The summed E-state index contributed by atoms with van der Waals surface area (Å²) in [5.41, 5.74) is 1.98. The number of esters is 2. The van der Waals surface area contributed by atoms with Gasteiger partial charge in [0.25, 0.3) is 23.6 Å². The van der Waals surface area contributed by atoms with E-state index in [1.807, 2.05) is 18.7 Å². The van der Waals surface area contributed by atoms with Gasteiger partial charge in [0.2, 0.25) is 0 Å². The number of methoxy groups -OCH3 is 2. The highest BCUT2D eigenvalue weighted by atomic mass is 28.4. The van der Waals surface area contributed by atoms with Gasteiger partial charge < -0.3 is 49.7 Å². The monoisotopic (exact) mass is 999 g/mol. The average molecular weight is 999 g/mol. The third-order valence-electron chi connectivity index (χ3n) is 12.1. The highest BCUT2D eigenvalue weighted by Gasteiger charge is 2.37. The maximum absolute atomic E-state index is 13.4. The molecule has 5 N–H and O–H groups in total. The minimum Gasteiger partial charge on any atom is -0.508 e. The quantitative estimate of drug-likeness (QED) is 0.0254. The molecule has 4 rings (SSSR count). The van der Waals surface area contributed by atoms with Gasteiger partial charge in [0.1, 0.15) is 11.5 Å². The number of aliphatic hydroxyl groups is 1. The lowest BCUT2D eigenvalue weighted by atomic mass is 10.0. The summed E-state index contributed by atoms with van der Waals surface area (Å²) < 4.78 is 15.9. The number of hydrogen-bond donors (Lipinski definition) is 5. The molecule has 386 valence electrons. The second-order valence-corrected chi connectivity index (χ2v) is 23.4. The minimum atomic E-state index is -1.79. The molecule has 0 heterocycles. The predicted molar refractivity (Wildman–Crippen MR) is 275 cm³/mol. The van der Waals surface area contributed by atoms with E-state index in [1.54, 1.807) is 65.6 Å². The summed E-state index contributed by atoms with van der Waals surface area (Å²) in [6.45, 7) is 18.2. The van der Waals surface area contributed by atoms with Gasteiger partial charge in [-0.3, -0.25) is 19.2 Å². The predicted octanol–water partition coefficient (Wildman–Crippen LogP) is 8.35. The van der Waals surface area contributed by atoms with Gasteiger partial charge in [0.15, 0.2) is 20.4 Å². The summed E-state index contributed by atoms with van der Waals surface area (Å²) in [5.74, 6) is -2.87. The number of nitrogens with one attached hydrogen (secondary N) is 2. The lowest BCUT2D eigenvalue weighted by molar-refractivity contribution is -0.143. The number of aromatic hydroxyl groups is 2. The molecule has 71 heavy (non-hydrogen) atoms. The van der Waals surface area contributed by atoms with Gasteiger partial charge in [-0.1, -0.05) is 71.0 Å². The van der Waals surface area contributed by atoms with Crippen LogP contribution in [0.5, 0.6) is 11.5 Å². The Bertz CT molecular complexity index is 2390. The number of phenols is 2. The van der Waals surface area contributed by atoms with Gasteiger partial charge in [-0.05, 0) is 128 Å². The number of hydrogen-bond acceptors (Lipinski definition) is 12. The molecule has 0 saturated heterocycles. The molecule has 0 aliphatic rings. The van der Waals surface area contributed by atoms with Crippen LogP contribution in [0.1, 0.15) is 138 Å². The molecule has 16 nitrogen and oxygen atoms in total. The first-order valence-corrected chi connectivity index (χ1v) is 27.0. The van der Waals surface area contributed by atoms with Crippen LogP contribution < -0.4 is 10.6 Å². The second-order valence-electron chi connectivity index (χ2n) is 18.5. The first-order chi connectivity index (χ1) is 33.7. The van der Waals surface area contributed by atoms with Crippen LogP contribution in [0.15, 0.2) is 97.1 Å². The number of aliphatic hydroxyl groups excluding tert-OH is 1. The van der Waals surface area contributed by atoms with Gasteiger partial charge in [0, 0.05) is 61.6 Å². The molecule has 0 aromatic heterocycles. The molecule has 0 fully saturated rings. The fourth-order valence-corrected chi connectivity index (χ4v) is 8.20. The average Bonchev–Trinajstić information content (AvgIpc) is 3.35. The second kappa shape index (κ2) is 28.9. The van der Waals surface area contributed by atoms with Gasteiger partial charge in [-0.15, -0.1) is 0 Å². The highest BCUT2D eigenvalue weighted by molar-refractivity contribution is 6.74. The zero-order valence-corrected chi connectivity index (χ0v) is 43.8. The van der Waals surface area contributed by atoms with E-state index >= 15 is 0 Å². The maximum Gasteiger partial charge on any atom is 0.333 e. The number of amides is 4. The van der Waals surface area contributed by atoms with Gasteiger partial charge in [-0.25, -0.2) is 9.59 Å². The van der Waals surface area contributed by atoms with Crippen LogP contribution in [-0.4, -0.2) is 123 Å². The zero-order chi connectivity index (χ0) is 52.7. The topological polar surface area (TPSA) is 221 Å². The summed E-state index contributed by atoms with van der Waals surface area (Å²) in [7, 11) is 0.644. The van der Waals surface area contributed by atoms with E-state index in [0.29, 0.717) is 67.9 Å². The Hall–Kier alpha value is -6.56. The number of phenolic OH excluding ortho intramolecular Hbond substituents is 2. The van der Waals surface area contributed by atoms with Crippen LogP contribution >= 0.6 is 0 Å². The number of unbranched alkanes of at least 4 members (excludes halogenated alkanes) is 2. The van der Waals surface area contributed by atoms with Gasteiger partial charge >= 0.3 is 11.9 Å². The maximum atomic E-state index is 13.4. The van der Waals surface area contributed by atoms with E-state index in [0.717, 1.165) is 25.7 Å². The van der Waals surface area contributed by atoms with Crippen molar-refractivity contribution in [3.05, 3.63) is 130 Å². The normalized spacial score (nSPS) is 12.0. The molecule has 4 aromatic rings. The van der Waals surface area contributed by atoms with E-state index < -0.39 is 44.2 Å².